The van der Waals surface area contributed by atoms with E-state index in [1.54, 1.807) is 0 Å². The van der Waals surface area contributed by atoms with E-state index in [9.17, 15) is 4.79 Å². The molecular formula is C16H18IN3O. The van der Waals surface area contributed by atoms with E-state index in [2.05, 4.69) is 33.0 Å². The molecule has 1 aromatic heterocycles. The predicted molar refractivity (Wildman–Crippen MR) is 90.4 cm³/mol. The Hall–Kier alpha value is -1.37. The molecular weight excluding hydrogens is 377 g/mol. The van der Waals surface area contributed by atoms with Gasteiger partial charge in [-0.05, 0) is 66.0 Å². The highest BCUT2D eigenvalue weighted by molar-refractivity contribution is 14.1. The summed E-state index contributed by atoms with van der Waals surface area (Å²) in [5.74, 6) is -0.0129. The zero-order valence-electron chi connectivity index (χ0n) is 11.8. The van der Waals surface area contributed by atoms with Crippen molar-refractivity contribution in [1.82, 2.24) is 15.1 Å². The van der Waals surface area contributed by atoms with E-state index in [4.69, 9.17) is 0 Å². The fourth-order valence-corrected chi connectivity index (χ4v) is 3.40. The quantitative estimate of drug-likeness (QED) is 0.810. The second-order valence-corrected chi connectivity index (χ2v) is 6.44. The second kappa shape index (κ2) is 6.60. The lowest BCUT2D eigenvalue weighted by Gasteiger charge is -2.14. The normalized spacial score (nSPS) is 13.8. The molecule has 1 heterocycles. The minimum Gasteiger partial charge on any atom is -0.350 e. The molecule has 0 radical (unpaired) electrons. The van der Waals surface area contributed by atoms with E-state index >= 15 is 0 Å². The highest BCUT2D eigenvalue weighted by Gasteiger charge is 2.15. The van der Waals surface area contributed by atoms with Crippen LogP contribution in [0, 0.1) is 3.57 Å². The van der Waals surface area contributed by atoms with Crippen molar-refractivity contribution >= 4 is 28.5 Å². The summed E-state index contributed by atoms with van der Waals surface area (Å²) in [6, 6.07) is 7.63. The molecule has 5 heteroatoms. The summed E-state index contributed by atoms with van der Waals surface area (Å²) in [5, 5.41) is 7.43. The van der Waals surface area contributed by atoms with Crippen LogP contribution in [0.4, 0.5) is 0 Å². The van der Waals surface area contributed by atoms with Crippen LogP contribution in [0.3, 0.4) is 0 Å². The van der Waals surface area contributed by atoms with Gasteiger partial charge in [0.15, 0.2) is 0 Å². The van der Waals surface area contributed by atoms with Crippen LogP contribution in [-0.4, -0.2) is 22.2 Å². The van der Waals surface area contributed by atoms with Crippen LogP contribution in [0.25, 0.3) is 0 Å². The summed E-state index contributed by atoms with van der Waals surface area (Å²) < 4.78 is 3.02. The van der Waals surface area contributed by atoms with Crippen LogP contribution in [-0.2, 0) is 19.4 Å². The molecule has 0 aliphatic heterocycles. The molecule has 1 aliphatic carbocycles. The van der Waals surface area contributed by atoms with Gasteiger partial charge in [0, 0.05) is 15.8 Å². The maximum absolute atomic E-state index is 12.1. The van der Waals surface area contributed by atoms with Crippen molar-refractivity contribution in [1.29, 1.82) is 0 Å². The molecule has 4 nitrogen and oxygen atoms in total. The first-order chi connectivity index (χ1) is 10.3. The Balaban J connectivity index is 1.58. The number of nitrogens with one attached hydrogen (secondary N) is 1. The topological polar surface area (TPSA) is 46.9 Å². The van der Waals surface area contributed by atoms with Gasteiger partial charge in [-0.15, -0.1) is 0 Å². The lowest BCUT2D eigenvalue weighted by atomic mass is 9.98. The van der Waals surface area contributed by atoms with Crippen molar-refractivity contribution in [2.45, 2.75) is 32.2 Å². The number of rotatable bonds is 4. The molecule has 1 amide bonds. The van der Waals surface area contributed by atoms with Gasteiger partial charge in [-0.2, -0.15) is 5.10 Å². The maximum atomic E-state index is 12.1. The van der Waals surface area contributed by atoms with Crippen LogP contribution >= 0.6 is 22.6 Å². The van der Waals surface area contributed by atoms with Gasteiger partial charge in [0.2, 0.25) is 0 Å². The first kappa shape index (κ1) is 14.6. The summed E-state index contributed by atoms with van der Waals surface area (Å²) in [6.45, 7) is 1.35. The van der Waals surface area contributed by atoms with E-state index < -0.39 is 0 Å². The van der Waals surface area contributed by atoms with Gasteiger partial charge in [-0.1, -0.05) is 12.1 Å². The number of carbonyl (C=O) groups excluding carboxylic acids is 1. The Labute approximate surface area is 138 Å². The molecule has 21 heavy (non-hydrogen) atoms. The van der Waals surface area contributed by atoms with Gasteiger partial charge in [0.05, 0.1) is 18.3 Å². The number of fused-ring (bicyclic) bond motifs is 1. The SMILES string of the molecule is O=C(NCCn1ncc2c1CCCC2)c1ccccc1I. The van der Waals surface area contributed by atoms with Crippen LogP contribution < -0.4 is 5.32 Å². The number of benzene rings is 1. The number of hydrogen-bond acceptors (Lipinski definition) is 2. The zero-order chi connectivity index (χ0) is 14.7. The number of halogens is 1. The van der Waals surface area contributed by atoms with E-state index in [0.717, 1.165) is 28.5 Å². The van der Waals surface area contributed by atoms with Gasteiger partial charge in [0.25, 0.3) is 5.91 Å². The summed E-state index contributed by atoms with van der Waals surface area (Å²) >= 11 is 2.19. The Bertz CT molecular complexity index is 651. The Kier molecular flexibility index (Phi) is 4.57. The Morgan fingerprint density at radius 2 is 2.10 bits per heavy atom. The molecule has 2 aromatic rings. The van der Waals surface area contributed by atoms with Crippen LogP contribution in [0.1, 0.15) is 34.5 Å². The molecule has 0 fully saturated rings. The first-order valence-electron chi connectivity index (χ1n) is 7.32. The fraction of sp³-hybridized carbons (Fsp3) is 0.375. The van der Waals surface area contributed by atoms with Crippen LogP contribution in [0.15, 0.2) is 30.5 Å². The standard InChI is InChI=1S/C16H18IN3O/c17-14-7-3-2-6-13(14)16(21)18-9-10-20-15-8-4-1-5-12(15)11-19-20/h2-3,6-7,11H,1,4-5,8-10H2,(H,18,21). The fourth-order valence-electron chi connectivity index (χ4n) is 2.76. The molecule has 0 spiro atoms. The highest BCUT2D eigenvalue weighted by atomic mass is 127. The van der Waals surface area contributed by atoms with Gasteiger partial charge in [-0.3, -0.25) is 9.48 Å². The smallest absolute Gasteiger partial charge is 0.252 e. The second-order valence-electron chi connectivity index (χ2n) is 5.28. The van der Waals surface area contributed by atoms with Crippen molar-refractivity contribution in [3.63, 3.8) is 0 Å². The lowest BCUT2D eigenvalue weighted by molar-refractivity contribution is 0.0951. The van der Waals surface area contributed by atoms with Crippen molar-refractivity contribution in [3.8, 4) is 0 Å². The predicted octanol–water partition coefficient (Wildman–Crippen LogP) is 2.80. The number of hydrogen-bond donors (Lipinski definition) is 1. The van der Waals surface area contributed by atoms with Crippen LogP contribution in [0.2, 0.25) is 0 Å². The average Bonchev–Trinajstić information content (AvgIpc) is 2.91. The third kappa shape index (κ3) is 3.28. The van der Waals surface area contributed by atoms with Crippen molar-refractivity contribution in [3.05, 3.63) is 50.9 Å². The first-order valence-corrected chi connectivity index (χ1v) is 8.40. The minimum absolute atomic E-state index is 0.0129. The monoisotopic (exact) mass is 395 g/mol. The van der Waals surface area contributed by atoms with Gasteiger partial charge in [-0.25, -0.2) is 0 Å². The molecule has 0 saturated heterocycles. The number of carbonyl (C=O) groups is 1. The zero-order valence-corrected chi connectivity index (χ0v) is 14.0. The van der Waals surface area contributed by atoms with Crippen molar-refractivity contribution in [2.24, 2.45) is 0 Å². The Morgan fingerprint density at radius 1 is 1.29 bits per heavy atom. The summed E-state index contributed by atoms with van der Waals surface area (Å²) in [5.41, 5.74) is 3.47. The third-order valence-electron chi connectivity index (χ3n) is 3.87. The van der Waals surface area contributed by atoms with E-state index in [-0.39, 0.29) is 5.91 Å². The van der Waals surface area contributed by atoms with Crippen molar-refractivity contribution in [2.75, 3.05) is 6.54 Å². The molecule has 0 saturated carbocycles. The minimum atomic E-state index is -0.0129. The number of amides is 1. The van der Waals surface area contributed by atoms with Gasteiger partial charge < -0.3 is 5.32 Å². The molecule has 0 unspecified atom stereocenters. The van der Waals surface area contributed by atoms with Gasteiger partial charge in [0.1, 0.15) is 0 Å². The molecule has 110 valence electrons. The number of nitrogens with zero attached hydrogens (tertiary/aromatic N) is 2. The molecule has 1 aliphatic rings. The summed E-state index contributed by atoms with van der Waals surface area (Å²) in [6.07, 6.45) is 6.75. The summed E-state index contributed by atoms with van der Waals surface area (Å²) in [7, 11) is 0. The largest absolute Gasteiger partial charge is 0.350 e. The van der Waals surface area contributed by atoms with Crippen molar-refractivity contribution < 1.29 is 4.79 Å². The molecule has 1 N–H and O–H groups in total. The Morgan fingerprint density at radius 3 is 2.95 bits per heavy atom. The van der Waals surface area contributed by atoms with E-state index in [1.165, 1.54) is 24.1 Å². The van der Waals surface area contributed by atoms with Crippen LogP contribution in [0.5, 0.6) is 0 Å². The van der Waals surface area contributed by atoms with E-state index in [0.29, 0.717) is 6.54 Å². The molecule has 3 rings (SSSR count). The highest BCUT2D eigenvalue weighted by Crippen LogP contribution is 2.20. The summed E-state index contributed by atoms with van der Waals surface area (Å²) in [4.78, 5) is 12.1. The van der Waals surface area contributed by atoms with E-state index in [1.807, 2.05) is 35.1 Å². The molecule has 0 atom stereocenters. The average molecular weight is 395 g/mol. The maximum Gasteiger partial charge on any atom is 0.252 e. The molecule has 0 bridgehead atoms. The van der Waals surface area contributed by atoms with Gasteiger partial charge >= 0.3 is 0 Å². The number of aryl methyl sites for hydroxylation is 1. The lowest BCUT2D eigenvalue weighted by Crippen LogP contribution is -2.28. The number of aromatic nitrogens is 2. The molecule has 1 aromatic carbocycles. The third-order valence-corrected chi connectivity index (χ3v) is 4.81.